The lowest BCUT2D eigenvalue weighted by atomic mass is 9.91. The van der Waals surface area contributed by atoms with Crippen molar-refractivity contribution in [1.82, 2.24) is 0 Å². The van der Waals surface area contributed by atoms with Crippen LogP contribution in [0.3, 0.4) is 0 Å². The Bertz CT molecular complexity index is 1670. The molecule has 5 nitrogen and oxygen atoms in total. The van der Waals surface area contributed by atoms with Gasteiger partial charge >= 0.3 is 57.1 Å². The minimum atomic E-state index is -8.99. The van der Waals surface area contributed by atoms with Crippen molar-refractivity contribution in [3.63, 3.8) is 0 Å². The zero-order valence-electron chi connectivity index (χ0n) is 23.7. The number of carbonyl (C=O) groups excluding carboxylic acids is 2. The molecule has 0 N–H and O–H groups in total. The van der Waals surface area contributed by atoms with Crippen molar-refractivity contribution >= 4 is 32.0 Å². The van der Waals surface area contributed by atoms with Gasteiger partial charge in [-0.1, -0.05) is 54.6 Å². The fourth-order valence-corrected chi connectivity index (χ4v) is 7.38. The summed E-state index contributed by atoms with van der Waals surface area (Å²) in [4.78, 5) is 25.8. The lowest BCUT2D eigenvalue weighted by Gasteiger charge is -2.42. The fraction of sp³-hybridized carbons (Fsp3) is 0.440. The number of benzene rings is 2. The van der Waals surface area contributed by atoms with Gasteiger partial charge in [0.05, 0.1) is 5.75 Å². The maximum Gasteiger partial charge on any atom is 0.460 e. The molecule has 0 atom stereocenters. The van der Waals surface area contributed by atoms with Crippen molar-refractivity contribution in [3.05, 3.63) is 71.3 Å². The molecule has 0 aliphatic rings. The smallest absolute Gasteiger partial charge is 0.293 e. The average Bonchev–Trinajstić information content (AvgIpc) is 2.95. The summed E-state index contributed by atoms with van der Waals surface area (Å²) in [6.45, 7) is 0. The highest BCUT2D eigenvalue weighted by atomic mass is 32.3. The molecule has 0 aliphatic heterocycles. The van der Waals surface area contributed by atoms with Gasteiger partial charge in [-0.3, -0.25) is 9.59 Å². The van der Waals surface area contributed by atoms with Gasteiger partial charge in [-0.15, -0.1) is 10.3 Å². The molecule has 0 amide bonds. The Morgan fingerprint density at radius 3 is 1.35 bits per heavy atom. The molecule has 24 heteroatoms. The van der Waals surface area contributed by atoms with Crippen molar-refractivity contribution < 1.29 is 96.3 Å². The molecule has 0 bridgehead atoms. The molecule has 0 aromatic heterocycles. The summed E-state index contributed by atoms with van der Waals surface area (Å²) in [6.07, 6.45) is -7.17. The Balaban J connectivity index is 2.51. The minimum Gasteiger partial charge on any atom is -0.293 e. The third-order valence-electron chi connectivity index (χ3n) is 6.27. The highest BCUT2D eigenvalue weighted by Gasteiger charge is 2.96. The van der Waals surface area contributed by atoms with Crippen LogP contribution in [0.15, 0.2) is 54.6 Å². The lowest BCUT2D eigenvalue weighted by Crippen LogP contribution is -2.75. The van der Waals surface area contributed by atoms with Crippen LogP contribution in [0.5, 0.6) is 0 Å². The van der Waals surface area contributed by atoms with E-state index in [4.69, 9.17) is 0 Å². The monoisotopic (exact) mass is 784 g/mol. The normalized spacial score (nSPS) is 15.2. The quantitative estimate of drug-likeness (QED) is 0.142. The minimum absolute atomic E-state index is 0.0294. The molecule has 0 saturated heterocycles. The summed E-state index contributed by atoms with van der Waals surface area (Å²) >= 11 is 0. The highest BCUT2D eigenvalue weighted by molar-refractivity contribution is 8.32. The van der Waals surface area contributed by atoms with E-state index in [9.17, 15) is 92.6 Å². The largest absolute Gasteiger partial charge is 0.460 e. The second-order valence-corrected chi connectivity index (χ2v) is 15.4. The van der Waals surface area contributed by atoms with E-state index in [-0.39, 0.29) is 5.56 Å². The van der Waals surface area contributed by atoms with Crippen LogP contribution >= 0.6 is 10.3 Å². The first-order valence-corrected chi connectivity index (χ1v) is 16.1. The van der Waals surface area contributed by atoms with Gasteiger partial charge in [0, 0.05) is 16.7 Å². The van der Waals surface area contributed by atoms with E-state index < -0.39 is 95.8 Å². The summed E-state index contributed by atoms with van der Waals surface area (Å²) in [6, 6.07) is 11.1. The van der Waals surface area contributed by atoms with E-state index in [1.54, 1.807) is 0 Å². The van der Waals surface area contributed by atoms with E-state index in [2.05, 4.69) is 3.63 Å². The fourth-order valence-electron chi connectivity index (χ4n) is 3.68. The van der Waals surface area contributed by atoms with Gasteiger partial charge in [-0.05, 0) is 12.5 Å². The number of alkyl halides is 17. The average molecular weight is 785 g/mol. The summed E-state index contributed by atoms with van der Waals surface area (Å²) in [5, 5.41) is -7.89. The summed E-state index contributed by atoms with van der Waals surface area (Å²) in [5.74, 6) is -56.2. The number of Topliss-reactive ketones (excluding diaryl/α,β-unsaturated/α-hetero) is 1. The Hall–Kier alpha value is -3.15. The topological polar surface area (TPSA) is 77.5 Å². The number of carbonyl (C=O) groups is 2. The first-order valence-electron chi connectivity index (χ1n) is 12.2. The Labute approximate surface area is 265 Å². The standard InChI is InChI=1S/C25H17F17O5S2/c1-48(2,12-16(43)14-10-6-7-11-15(14)17(44)13-8-4-3-5-9-13)47-49(45,46)25(41,42)23(36,37)21(32,33)19(28,29)18(26,27)20(30,31)22(34,35)24(38,39)40/h3-11H,12H2,1-2H3. The third-order valence-corrected chi connectivity index (χ3v) is 10.3. The summed E-state index contributed by atoms with van der Waals surface area (Å²) < 4.78 is 259. The second kappa shape index (κ2) is 12.6. The first-order chi connectivity index (χ1) is 21.6. The summed E-state index contributed by atoms with van der Waals surface area (Å²) in [5.41, 5.74) is -1.03. The molecule has 0 unspecified atom stereocenters. The molecule has 0 aliphatic carbocycles. The molecule has 0 spiro atoms. The van der Waals surface area contributed by atoms with Gasteiger partial charge in [0.1, 0.15) is 0 Å². The van der Waals surface area contributed by atoms with E-state index in [0.29, 0.717) is 12.5 Å². The highest BCUT2D eigenvalue weighted by Crippen LogP contribution is 2.65. The van der Waals surface area contributed by atoms with Crippen molar-refractivity contribution in [2.24, 2.45) is 0 Å². The molecule has 0 radical (unpaired) electrons. The zero-order chi connectivity index (χ0) is 38.7. The second-order valence-electron chi connectivity index (χ2n) is 10.2. The van der Waals surface area contributed by atoms with Crippen molar-refractivity contribution in [3.8, 4) is 0 Å². The lowest BCUT2D eigenvalue weighted by molar-refractivity contribution is -0.458. The van der Waals surface area contributed by atoms with E-state index in [1.165, 1.54) is 36.4 Å². The van der Waals surface area contributed by atoms with Crippen molar-refractivity contribution in [1.29, 1.82) is 0 Å². The van der Waals surface area contributed by atoms with Crippen LogP contribution in [0.1, 0.15) is 26.3 Å². The molecule has 2 rings (SSSR count). The molecule has 2 aromatic rings. The van der Waals surface area contributed by atoms with E-state index in [1.807, 2.05) is 0 Å². The maximum atomic E-state index is 14.5. The van der Waals surface area contributed by atoms with Crippen LogP contribution < -0.4 is 0 Å². The number of ketones is 2. The van der Waals surface area contributed by atoms with Gasteiger partial charge in [0.2, 0.25) is 0 Å². The van der Waals surface area contributed by atoms with Crippen LogP contribution in [0.25, 0.3) is 0 Å². The van der Waals surface area contributed by atoms with Crippen molar-refractivity contribution in [2.45, 2.75) is 47.0 Å². The summed E-state index contributed by atoms with van der Waals surface area (Å²) in [7, 11) is -12.1. The Morgan fingerprint density at radius 1 is 0.551 bits per heavy atom. The SMILES string of the molecule is CS(C)(CC(=O)c1ccccc1C(=O)c1ccccc1)OS(=O)(=O)C(F)(F)C(F)(F)C(F)(F)C(F)(F)C(F)(F)C(F)(F)C(F)(F)C(F)(F)F. The number of hydrogen-bond donors (Lipinski definition) is 0. The van der Waals surface area contributed by atoms with Gasteiger partial charge in [-0.2, -0.15) is 83.1 Å². The van der Waals surface area contributed by atoms with E-state index >= 15 is 0 Å². The number of rotatable bonds is 14. The van der Waals surface area contributed by atoms with E-state index in [0.717, 1.165) is 18.2 Å². The predicted molar refractivity (Wildman–Crippen MR) is 136 cm³/mol. The van der Waals surface area contributed by atoms with Crippen LogP contribution in [0.2, 0.25) is 0 Å². The molecule has 0 saturated carbocycles. The third kappa shape index (κ3) is 6.70. The zero-order valence-corrected chi connectivity index (χ0v) is 25.3. The van der Waals surface area contributed by atoms with Gasteiger partial charge in [-0.25, -0.2) is 3.63 Å². The van der Waals surface area contributed by atoms with Gasteiger partial charge < -0.3 is 0 Å². The van der Waals surface area contributed by atoms with Crippen LogP contribution in [0, 0.1) is 0 Å². The molecule has 0 fully saturated rings. The van der Waals surface area contributed by atoms with Crippen LogP contribution in [-0.4, -0.2) is 85.2 Å². The van der Waals surface area contributed by atoms with Crippen LogP contribution in [0.4, 0.5) is 74.6 Å². The maximum absolute atomic E-state index is 14.5. The van der Waals surface area contributed by atoms with Gasteiger partial charge in [0.25, 0.3) is 0 Å². The molecular weight excluding hydrogens is 767 g/mol. The molecule has 49 heavy (non-hydrogen) atoms. The molecule has 2 aromatic carbocycles. The molecule has 0 heterocycles. The van der Waals surface area contributed by atoms with Gasteiger partial charge in [0.15, 0.2) is 11.6 Å². The van der Waals surface area contributed by atoms with Crippen molar-refractivity contribution in [2.75, 3.05) is 18.3 Å². The van der Waals surface area contributed by atoms with Crippen LogP contribution in [-0.2, 0) is 13.7 Å². The number of halogens is 17. The molecular formula is C25H17F17O5S2. The Morgan fingerprint density at radius 2 is 0.918 bits per heavy atom. The first kappa shape index (κ1) is 42.0. The predicted octanol–water partition coefficient (Wildman–Crippen LogP) is 8.39. The molecule has 278 valence electrons. The Kier molecular flexibility index (Phi) is 10.8. The number of hydrogen-bond acceptors (Lipinski definition) is 5.